The molecule has 0 aromatic rings. The Labute approximate surface area is 118 Å². The zero-order chi connectivity index (χ0) is 13.3. The van der Waals surface area contributed by atoms with E-state index in [1.165, 1.54) is 51.4 Å². The van der Waals surface area contributed by atoms with Crippen molar-refractivity contribution in [1.29, 1.82) is 0 Å². The molecule has 0 radical (unpaired) electrons. The average Bonchev–Trinajstić information content (AvgIpc) is 2.46. The first-order chi connectivity index (χ1) is 9.38. The molecule has 1 aliphatic carbocycles. The fourth-order valence-electron chi connectivity index (χ4n) is 3.31. The summed E-state index contributed by atoms with van der Waals surface area (Å²) in [5, 5.41) is 3.64. The van der Waals surface area contributed by atoms with Gasteiger partial charge in [-0.25, -0.2) is 0 Å². The second-order valence-corrected chi connectivity index (χ2v) is 6.09. The molecule has 19 heavy (non-hydrogen) atoms. The first-order valence-corrected chi connectivity index (χ1v) is 8.35. The van der Waals surface area contributed by atoms with Crippen molar-refractivity contribution in [2.24, 2.45) is 0 Å². The van der Waals surface area contributed by atoms with Crippen LogP contribution in [0.15, 0.2) is 0 Å². The Morgan fingerprint density at radius 3 is 2.79 bits per heavy atom. The molecule has 2 unspecified atom stereocenters. The summed E-state index contributed by atoms with van der Waals surface area (Å²) >= 11 is 0. The van der Waals surface area contributed by atoms with Gasteiger partial charge in [0.1, 0.15) is 0 Å². The van der Waals surface area contributed by atoms with Gasteiger partial charge in [0.15, 0.2) is 0 Å². The van der Waals surface area contributed by atoms with E-state index in [0.29, 0.717) is 18.2 Å². The van der Waals surface area contributed by atoms with Gasteiger partial charge < -0.3 is 14.8 Å². The van der Waals surface area contributed by atoms with Crippen molar-refractivity contribution in [2.45, 2.75) is 83.0 Å². The van der Waals surface area contributed by atoms with Gasteiger partial charge in [-0.1, -0.05) is 32.6 Å². The molecule has 1 heterocycles. The quantitative estimate of drug-likeness (QED) is 0.720. The van der Waals surface area contributed by atoms with Gasteiger partial charge in [0.05, 0.1) is 18.8 Å². The summed E-state index contributed by atoms with van der Waals surface area (Å²) in [6, 6.07) is 0.639. The third-order valence-electron chi connectivity index (χ3n) is 4.42. The van der Waals surface area contributed by atoms with Crippen LogP contribution in [0, 0.1) is 0 Å². The van der Waals surface area contributed by atoms with Crippen LogP contribution in [0.25, 0.3) is 0 Å². The summed E-state index contributed by atoms with van der Waals surface area (Å²) in [7, 11) is 0. The molecule has 2 fully saturated rings. The Balaban J connectivity index is 1.52. The Morgan fingerprint density at radius 2 is 2.00 bits per heavy atom. The molecule has 1 saturated heterocycles. The highest BCUT2D eigenvalue weighted by Crippen LogP contribution is 2.20. The van der Waals surface area contributed by atoms with Gasteiger partial charge in [-0.05, 0) is 32.1 Å². The lowest BCUT2D eigenvalue weighted by Crippen LogP contribution is -2.40. The van der Waals surface area contributed by atoms with E-state index in [2.05, 4.69) is 12.2 Å². The van der Waals surface area contributed by atoms with Crippen LogP contribution in [-0.2, 0) is 9.47 Å². The monoisotopic (exact) mass is 269 g/mol. The average molecular weight is 269 g/mol. The SMILES string of the molecule is CCCC1CC(NCCOC2CCCCC2)CCO1. The van der Waals surface area contributed by atoms with E-state index in [4.69, 9.17) is 9.47 Å². The van der Waals surface area contributed by atoms with Gasteiger partial charge >= 0.3 is 0 Å². The lowest BCUT2D eigenvalue weighted by Gasteiger charge is -2.30. The molecule has 0 spiro atoms. The molecule has 0 amide bonds. The van der Waals surface area contributed by atoms with E-state index < -0.39 is 0 Å². The zero-order valence-electron chi connectivity index (χ0n) is 12.5. The third kappa shape index (κ3) is 5.80. The molecular weight excluding hydrogens is 238 g/mol. The Bertz CT molecular complexity index is 227. The Hall–Kier alpha value is -0.120. The zero-order valence-corrected chi connectivity index (χ0v) is 12.5. The first-order valence-electron chi connectivity index (χ1n) is 8.35. The lowest BCUT2D eigenvalue weighted by atomic mass is 9.98. The van der Waals surface area contributed by atoms with Gasteiger partial charge in [-0.2, -0.15) is 0 Å². The minimum absolute atomic E-state index is 0.482. The summed E-state index contributed by atoms with van der Waals surface area (Å²) in [4.78, 5) is 0. The predicted octanol–water partition coefficient (Wildman–Crippen LogP) is 3.27. The number of rotatable bonds is 7. The van der Waals surface area contributed by atoms with E-state index in [9.17, 15) is 0 Å². The first kappa shape index (κ1) is 15.3. The van der Waals surface area contributed by atoms with Gasteiger partial charge in [0.25, 0.3) is 0 Å². The second-order valence-electron chi connectivity index (χ2n) is 6.09. The van der Waals surface area contributed by atoms with Crippen LogP contribution in [0.3, 0.4) is 0 Å². The summed E-state index contributed by atoms with van der Waals surface area (Å²) in [5.41, 5.74) is 0. The number of nitrogens with one attached hydrogen (secondary N) is 1. The fraction of sp³-hybridized carbons (Fsp3) is 1.00. The normalized spacial score (nSPS) is 29.5. The molecule has 1 aliphatic heterocycles. The van der Waals surface area contributed by atoms with E-state index in [1.807, 2.05) is 0 Å². The van der Waals surface area contributed by atoms with Crippen molar-refractivity contribution in [2.75, 3.05) is 19.8 Å². The van der Waals surface area contributed by atoms with Crippen molar-refractivity contribution < 1.29 is 9.47 Å². The van der Waals surface area contributed by atoms with E-state index >= 15 is 0 Å². The minimum atomic E-state index is 0.482. The van der Waals surface area contributed by atoms with Crippen molar-refractivity contribution in [3.8, 4) is 0 Å². The van der Waals surface area contributed by atoms with Crippen LogP contribution >= 0.6 is 0 Å². The number of hydrogen-bond donors (Lipinski definition) is 1. The maximum absolute atomic E-state index is 5.95. The Kier molecular flexibility index (Phi) is 7.18. The maximum atomic E-state index is 5.95. The molecule has 2 atom stereocenters. The number of ether oxygens (including phenoxy) is 2. The van der Waals surface area contributed by atoms with Gasteiger partial charge in [-0.15, -0.1) is 0 Å². The lowest BCUT2D eigenvalue weighted by molar-refractivity contribution is -0.00767. The van der Waals surface area contributed by atoms with E-state index in [-0.39, 0.29) is 0 Å². The standard InChI is InChI=1S/C16H31NO2/c1-2-6-16-13-14(9-11-18-16)17-10-12-19-15-7-4-3-5-8-15/h14-17H,2-13H2,1H3. The van der Waals surface area contributed by atoms with E-state index in [1.54, 1.807) is 0 Å². The summed E-state index contributed by atoms with van der Waals surface area (Å²) in [5.74, 6) is 0. The predicted molar refractivity (Wildman–Crippen MR) is 78.5 cm³/mol. The Morgan fingerprint density at radius 1 is 1.16 bits per heavy atom. The maximum Gasteiger partial charge on any atom is 0.0594 e. The molecule has 0 aromatic heterocycles. The summed E-state index contributed by atoms with van der Waals surface area (Å²) in [6.45, 7) is 5.03. The molecule has 2 aliphatic rings. The molecule has 0 bridgehead atoms. The smallest absolute Gasteiger partial charge is 0.0594 e. The van der Waals surface area contributed by atoms with Gasteiger partial charge in [-0.3, -0.25) is 0 Å². The molecule has 1 N–H and O–H groups in total. The van der Waals surface area contributed by atoms with Crippen LogP contribution in [0.2, 0.25) is 0 Å². The van der Waals surface area contributed by atoms with Crippen molar-refractivity contribution in [1.82, 2.24) is 5.32 Å². The van der Waals surface area contributed by atoms with Crippen LogP contribution in [0.1, 0.15) is 64.7 Å². The highest BCUT2D eigenvalue weighted by molar-refractivity contribution is 4.76. The van der Waals surface area contributed by atoms with Gasteiger partial charge in [0, 0.05) is 19.2 Å². The fourth-order valence-corrected chi connectivity index (χ4v) is 3.31. The molecular formula is C16H31NO2. The largest absolute Gasteiger partial charge is 0.378 e. The molecule has 2 rings (SSSR count). The highest BCUT2D eigenvalue weighted by atomic mass is 16.5. The van der Waals surface area contributed by atoms with Crippen LogP contribution in [-0.4, -0.2) is 38.0 Å². The molecule has 0 aromatic carbocycles. The van der Waals surface area contributed by atoms with Crippen molar-refractivity contribution in [3.05, 3.63) is 0 Å². The van der Waals surface area contributed by atoms with Crippen molar-refractivity contribution >= 4 is 0 Å². The van der Waals surface area contributed by atoms with Crippen LogP contribution < -0.4 is 5.32 Å². The topological polar surface area (TPSA) is 30.5 Å². The molecule has 112 valence electrons. The molecule has 1 saturated carbocycles. The minimum Gasteiger partial charge on any atom is -0.378 e. The van der Waals surface area contributed by atoms with E-state index in [0.717, 1.165) is 26.2 Å². The summed E-state index contributed by atoms with van der Waals surface area (Å²) in [6.07, 6.45) is 12.5. The van der Waals surface area contributed by atoms with Gasteiger partial charge in [0.2, 0.25) is 0 Å². The third-order valence-corrected chi connectivity index (χ3v) is 4.42. The summed E-state index contributed by atoms with van der Waals surface area (Å²) < 4.78 is 11.7. The molecule has 3 nitrogen and oxygen atoms in total. The van der Waals surface area contributed by atoms with Crippen molar-refractivity contribution in [3.63, 3.8) is 0 Å². The van der Waals surface area contributed by atoms with Crippen LogP contribution in [0.5, 0.6) is 0 Å². The van der Waals surface area contributed by atoms with Crippen LogP contribution in [0.4, 0.5) is 0 Å². The second kappa shape index (κ2) is 8.93. The molecule has 3 heteroatoms. The highest BCUT2D eigenvalue weighted by Gasteiger charge is 2.21. The number of hydrogen-bond acceptors (Lipinski definition) is 3.